The molecule has 0 atom stereocenters. The van der Waals surface area contributed by atoms with Crippen LogP contribution >= 0.6 is 0 Å². The maximum Gasteiger partial charge on any atom is 0.119 e. The van der Waals surface area contributed by atoms with Gasteiger partial charge >= 0.3 is 0 Å². The molecule has 0 amide bonds. The van der Waals surface area contributed by atoms with Crippen LogP contribution in [0.5, 0.6) is 5.75 Å². The van der Waals surface area contributed by atoms with E-state index in [1.165, 1.54) is 12.8 Å². The molecule has 29 heavy (non-hydrogen) atoms. The summed E-state index contributed by atoms with van der Waals surface area (Å²) in [6.07, 6.45) is 3.47. The van der Waals surface area contributed by atoms with Gasteiger partial charge in [-0.05, 0) is 60.5 Å². The Bertz CT molecular complexity index is 904. The van der Waals surface area contributed by atoms with Crippen LogP contribution in [0.4, 0.5) is 17.1 Å². The summed E-state index contributed by atoms with van der Waals surface area (Å²) >= 11 is 0. The van der Waals surface area contributed by atoms with Gasteiger partial charge in [-0.2, -0.15) is 20.5 Å². The number of nitrogens with zero attached hydrogens (tertiary/aromatic N) is 4. The third kappa shape index (κ3) is 7.30. The molecule has 3 rings (SSSR count). The lowest BCUT2D eigenvalue weighted by atomic mass is 10.2. The number of unbranched alkanes of at least 4 members (excludes halogenated alkanes) is 2. The second-order valence-electron chi connectivity index (χ2n) is 6.66. The summed E-state index contributed by atoms with van der Waals surface area (Å²) in [4.78, 5) is 0. The molecule has 148 valence electrons. The largest absolute Gasteiger partial charge is 0.489 e. The van der Waals surface area contributed by atoms with E-state index in [4.69, 9.17) is 4.74 Å². The lowest BCUT2D eigenvalue weighted by Crippen LogP contribution is -1.94. The van der Waals surface area contributed by atoms with Gasteiger partial charge in [-0.3, -0.25) is 0 Å². The van der Waals surface area contributed by atoms with E-state index in [2.05, 4.69) is 27.4 Å². The molecule has 3 aromatic carbocycles. The number of ether oxygens (including phenoxy) is 1. The molecule has 0 spiro atoms. The average Bonchev–Trinajstić information content (AvgIpc) is 2.78. The Balaban J connectivity index is 1.49. The highest BCUT2D eigenvalue weighted by atomic mass is 16.5. The van der Waals surface area contributed by atoms with E-state index >= 15 is 0 Å². The SMILES string of the molecule is CCCCCN=Nc1ccc(N=Nc2ccc(OCc3ccccc3)cc2)cc1. The zero-order valence-electron chi connectivity index (χ0n) is 16.7. The molecule has 0 aliphatic heterocycles. The summed E-state index contributed by atoms with van der Waals surface area (Å²) in [6.45, 7) is 3.50. The molecule has 0 aromatic heterocycles. The van der Waals surface area contributed by atoms with Crippen LogP contribution in [-0.2, 0) is 6.61 Å². The molecule has 5 heteroatoms. The quantitative estimate of drug-likeness (QED) is 0.257. The van der Waals surface area contributed by atoms with Crippen LogP contribution in [0.1, 0.15) is 31.7 Å². The average molecular weight is 386 g/mol. The van der Waals surface area contributed by atoms with Crippen molar-refractivity contribution < 1.29 is 4.74 Å². The van der Waals surface area contributed by atoms with Crippen LogP contribution < -0.4 is 4.74 Å². The number of azo groups is 2. The molecule has 5 nitrogen and oxygen atoms in total. The zero-order valence-corrected chi connectivity index (χ0v) is 16.7. The molecular weight excluding hydrogens is 360 g/mol. The molecule has 0 radical (unpaired) electrons. The first kappa shape index (κ1) is 20.4. The fourth-order valence-electron chi connectivity index (χ4n) is 2.62. The minimum absolute atomic E-state index is 0.546. The number of hydrogen-bond acceptors (Lipinski definition) is 5. The molecular formula is C24H26N4O. The van der Waals surface area contributed by atoms with Gasteiger partial charge in [0.15, 0.2) is 0 Å². The maximum atomic E-state index is 5.79. The van der Waals surface area contributed by atoms with E-state index in [9.17, 15) is 0 Å². The molecule has 0 aliphatic carbocycles. The summed E-state index contributed by atoms with van der Waals surface area (Å²) < 4.78 is 5.79. The van der Waals surface area contributed by atoms with Gasteiger partial charge in [0.2, 0.25) is 0 Å². The second-order valence-corrected chi connectivity index (χ2v) is 6.66. The molecule has 0 unspecified atom stereocenters. The van der Waals surface area contributed by atoms with E-state index in [1.807, 2.05) is 78.9 Å². The predicted octanol–water partition coefficient (Wildman–Crippen LogP) is 7.95. The second kappa shape index (κ2) is 11.5. The fraction of sp³-hybridized carbons (Fsp3) is 0.250. The van der Waals surface area contributed by atoms with Gasteiger partial charge in [-0.1, -0.05) is 50.1 Å². The van der Waals surface area contributed by atoms with E-state index < -0.39 is 0 Å². The molecule has 0 heterocycles. The minimum Gasteiger partial charge on any atom is -0.489 e. The van der Waals surface area contributed by atoms with Crippen molar-refractivity contribution in [2.75, 3.05) is 6.54 Å². The monoisotopic (exact) mass is 386 g/mol. The molecule has 3 aromatic rings. The number of rotatable bonds is 10. The summed E-state index contributed by atoms with van der Waals surface area (Å²) in [6, 6.07) is 25.3. The highest BCUT2D eigenvalue weighted by Gasteiger charge is 1.97. The predicted molar refractivity (Wildman–Crippen MR) is 117 cm³/mol. The molecule has 0 saturated heterocycles. The van der Waals surface area contributed by atoms with Crippen LogP contribution in [-0.4, -0.2) is 6.54 Å². The van der Waals surface area contributed by atoms with Gasteiger partial charge in [-0.25, -0.2) is 0 Å². The highest BCUT2D eigenvalue weighted by molar-refractivity contribution is 5.47. The van der Waals surface area contributed by atoms with Crippen molar-refractivity contribution in [2.24, 2.45) is 20.5 Å². The van der Waals surface area contributed by atoms with Crippen molar-refractivity contribution >= 4 is 17.1 Å². The Labute approximate surface area is 172 Å². The lowest BCUT2D eigenvalue weighted by molar-refractivity contribution is 0.306. The molecule has 0 saturated carbocycles. The van der Waals surface area contributed by atoms with Crippen molar-refractivity contribution in [2.45, 2.75) is 32.8 Å². The third-order valence-corrected chi connectivity index (χ3v) is 4.26. The third-order valence-electron chi connectivity index (χ3n) is 4.26. The molecule has 0 fully saturated rings. The van der Waals surface area contributed by atoms with Crippen molar-refractivity contribution in [1.82, 2.24) is 0 Å². The molecule has 0 N–H and O–H groups in total. The van der Waals surface area contributed by atoms with E-state index in [0.29, 0.717) is 6.61 Å². The first-order valence-electron chi connectivity index (χ1n) is 9.99. The summed E-state index contributed by atoms with van der Waals surface area (Å²) in [5, 5.41) is 17.0. The van der Waals surface area contributed by atoms with Crippen molar-refractivity contribution in [3.05, 3.63) is 84.4 Å². The van der Waals surface area contributed by atoms with E-state index in [-0.39, 0.29) is 0 Å². The van der Waals surface area contributed by atoms with Gasteiger partial charge in [-0.15, -0.1) is 0 Å². The Hall–Kier alpha value is -3.34. The summed E-state index contributed by atoms with van der Waals surface area (Å²) in [5.74, 6) is 0.807. The Morgan fingerprint density at radius 3 is 1.86 bits per heavy atom. The van der Waals surface area contributed by atoms with E-state index in [1.54, 1.807) is 0 Å². The summed E-state index contributed by atoms with van der Waals surface area (Å²) in [7, 11) is 0. The zero-order chi connectivity index (χ0) is 20.2. The number of benzene rings is 3. The molecule has 0 bridgehead atoms. The smallest absolute Gasteiger partial charge is 0.119 e. The van der Waals surface area contributed by atoms with Crippen LogP contribution in [0, 0.1) is 0 Å². The van der Waals surface area contributed by atoms with Crippen LogP contribution in [0.3, 0.4) is 0 Å². The lowest BCUT2D eigenvalue weighted by Gasteiger charge is -2.06. The fourth-order valence-corrected chi connectivity index (χ4v) is 2.62. The first-order chi connectivity index (χ1) is 14.3. The first-order valence-corrected chi connectivity index (χ1v) is 9.99. The minimum atomic E-state index is 0.546. The van der Waals surface area contributed by atoms with Crippen LogP contribution in [0.15, 0.2) is 99.3 Å². The van der Waals surface area contributed by atoms with Crippen molar-refractivity contribution in [3.63, 3.8) is 0 Å². The van der Waals surface area contributed by atoms with Gasteiger partial charge in [0.1, 0.15) is 12.4 Å². The Morgan fingerprint density at radius 2 is 1.24 bits per heavy atom. The van der Waals surface area contributed by atoms with Gasteiger partial charge < -0.3 is 4.74 Å². The standard InChI is InChI=1S/C24H26N4O/c1-2-3-7-18-25-26-21-10-12-22(13-11-21)27-28-23-14-16-24(17-15-23)29-19-20-8-5-4-6-9-20/h4-6,8-17H,2-3,7,18-19H2,1H3. The Morgan fingerprint density at radius 1 is 0.655 bits per heavy atom. The normalized spacial score (nSPS) is 11.3. The van der Waals surface area contributed by atoms with Crippen molar-refractivity contribution in [3.8, 4) is 5.75 Å². The van der Waals surface area contributed by atoms with Gasteiger partial charge in [0.25, 0.3) is 0 Å². The van der Waals surface area contributed by atoms with Crippen LogP contribution in [0.25, 0.3) is 0 Å². The van der Waals surface area contributed by atoms with Gasteiger partial charge in [0, 0.05) is 0 Å². The molecule has 0 aliphatic rings. The summed E-state index contributed by atoms with van der Waals surface area (Å²) in [5.41, 5.74) is 3.52. The maximum absolute atomic E-state index is 5.79. The topological polar surface area (TPSA) is 58.7 Å². The Kier molecular flexibility index (Phi) is 8.08. The van der Waals surface area contributed by atoms with Gasteiger partial charge in [0.05, 0.1) is 23.6 Å². The van der Waals surface area contributed by atoms with Crippen molar-refractivity contribution in [1.29, 1.82) is 0 Å². The van der Waals surface area contributed by atoms with Crippen LogP contribution in [0.2, 0.25) is 0 Å². The van der Waals surface area contributed by atoms with E-state index in [0.717, 1.165) is 41.3 Å². The highest BCUT2D eigenvalue weighted by Crippen LogP contribution is 2.23. The number of hydrogen-bond donors (Lipinski definition) is 0.